The SMILES string of the molecule is CCCCCCCCCc1cccc2c(S(=O)(=O)[O-])ccc(CCCCCCCCC)c12.CCCCCCCCCc1cccc2c(S(=O)(=O)[O-])ccc(CCCCCCCCC)c12.[Ba+2]. The topological polar surface area (TPSA) is 114 Å². The van der Waals surface area contributed by atoms with Gasteiger partial charge in [-0.15, -0.1) is 0 Å². The summed E-state index contributed by atoms with van der Waals surface area (Å²) in [5, 5.41) is 3.25. The van der Waals surface area contributed by atoms with Gasteiger partial charge < -0.3 is 9.11 Å². The molecule has 6 nitrogen and oxygen atoms in total. The van der Waals surface area contributed by atoms with E-state index in [2.05, 4.69) is 39.8 Å². The molecule has 9 heteroatoms. The van der Waals surface area contributed by atoms with Crippen molar-refractivity contribution in [2.45, 2.75) is 243 Å². The Morgan fingerprint density at radius 2 is 0.554 bits per heavy atom. The summed E-state index contributed by atoms with van der Waals surface area (Å²) in [4.78, 5) is -0.144. The number of unbranched alkanes of at least 4 members (excludes halogenated alkanes) is 24. The summed E-state index contributed by atoms with van der Waals surface area (Å²) in [6, 6.07) is 18.5. The number of hydrogen-bond donors (Lipinski definition) is 0. The van der Waals surface area contributed by atoms with Gasteiger partial charge >= 0.3 is 48.9 Å². The molecule has 360 valence electrons. The standard InChI is InChI=1S/2C28H44O3S.Ba/c2*1-3-5-7-9-11-13-15-18-24-20-17-21-26-27(32(29,30)31)23-22-25(28(24)26)19-16-14-12-10-8-6-4-2;/h2*17,20-23H,3-16,18-19H2,1-2H3,(H,29,30,31);/q;;+2/p-2. The summed E-state index contributed by atoms with van der Waals surface area (Å²) in [5.41, 5.74) is 4.78. The molecule has 0 fully saturated rings. The van der Waals surface area contributed by atoms with Crippen molar-refractivity contribution in [3.05, 3.63) is 82.9 Å². The van der Waals surface area contributed by atoms with Crippen LogP contribution in [0.15, 0.2) is 70.5 Å². The van der Waals surface area contributed by atoms with E-state index in [1.54, 1.807) is 0 Å². The summed E-state index contributed by atoms with van der Waals surface area (Å²) < 4.78 is 71.3. The average molecular weight is 1060 g/mol. The Kier molecular flexibility index (Phi) is 32.2. The normalized spacial score (nSPS) is 11.8. The predicted molar refractivity (Wildman–Crippen MR) is 276 cm³/mol. The average Bonchev–Trinajstić information content (AvgIpc) is 3.27. The van der Waals surface area contributed by atoms with Crippen molar-refractivity contribution < 1.29 is 25.9 Å². The van der Waals surface area contributed by atoms with Crippen LogP contribution in [0.3, 0.4) is 0 Å². The van der Waals surface area contributed by atoms with Crippen LogP contribution < -0.4 is 0 Å². The third-order valence-electron chi connectivity index (χ3n) is 13.1. The number of aryl methyl sites for hydroxylation is 4. The minimum absolute atomic E-state index is 0. The Balaban J connectivity index is 0.000000440. The minimum atomic E-state index is -4.49. The Hall–Kier alpha value is -1.21. The molecule has 0 heterocycles. The van der Waals surface area contributed by atoms with E-state index in [1.165, 1.54) is 188 Å². The van der Waals surface area contributed by atoms with E-state index in [4.69, 9.17) is 0 Å². The summed E-state index contributed by atoms with van der Waals surface area (Å²) in [6.45, 7) is 8.95. The molecule has 0 aliphatic rings. The third-order valence-corrected chi connectivity index (χ3v) is 14.9. The van der Waals surface area contributed by atoms with Crippen LogP contribution in [0.1, 0.15) is 230 Å². The second-order valence-corrected chi connectivity index (χ2v) is 21.2. The maximum Gasteiger partial charge on any atom is 2.00 e. The molecule has 0 aromatic heterocycles. The summed E-state index contributed by atoms with van der Waals surface area (Å²) in [5.74, 6) is 0. The smallest absolute Gasteiger partial charge is 0.744 e. The molecule has 0 unspecified atom stereocenters. The second kappa shape index (κ2) is 35.0. The molecular formula is C56H86BaO6S2. The molecule has 65 heavy (non-hydrogen) atoms. The van der Waals surface area contributed by atoms with Gasteiger partial charge in [-0.05, 0) is 107 Å². The van der Waals surface area contributed by atoms with Crippen LogP contribution >= 0.6 is 0 Å². The fourth-order valence-corrected chi connectivity index (χ4v) is 10.8. The summed E-state index contributed by atoms with van der Waals surface area (Å²) >= 11 is 0. The quantitative estimate of drug-likeness (QED) is 0.0261. The molecular weight excluding hydrogens is 970 g/mol. The summed E-state index contributed by atoms with van der Waals surface area (Å²) in [7, 11) is -8.98. The molecule has 0 N–H and O–H groups in total. The van der Waals surface area contributed by atoms with Crippen molar-refractivity contribution in [1.82, 2.24) is 0 Å². The van der Waals surface area contributed by atoms with Crippen LogP contribution in [-0.2, 0) is 45.9 Å². The van der Waals surface area contributed by atoms with Gasteiger partial charge in [0.25, 0.3) is 0 Å². The molecule has 0 radical (unpaired) electrons. The van der Waals surface area contributed by atoms with Gasteiger partial charge in [-0.25, -0.2) is 16.8 Å². The van der Waals surface area contributed by atoms with E-state index in [9.17, 15) is 25.9 Å². The summed E-state index contributed by atoms with van der Waals surface area (Å²) in [6.07, 6.45) is 38.8. The first-order valence-corrected chi connectivity index (χ1v) is 28.8. The van der Waals surface area contributed by atoms with Crippen molar-refractivity contribution in [3.63, 3.8) is 0 Å². The van der Waals surface area contributed by atoms with Crippen molar-refractivity contribution in [2.75, 3.05) is 0 Å². The fourth-order valence-electron chi connectivity index (χ4n) is 9.43. The van der Waals surface area contributed by atoms with Gasteiger partial charge in [-0.3, -0.25) is 0 Å². The Bertz CT molecular complexity index is 1910. The van der Waals surface area contributed by atoms with E-state index >= 15 is 0 Å². The van der Waals surface area contributed by atoms with Crippen molar-refractivity contribution >= 4 is 90.7 Å². The maximum atomic E-state index is 11.9. The molecule has 0 saturated carbocycles. The first kappa shape index (κ1) is 59.9. The number of rotatable bonds is 34. The fraction of sp³-hybridized carbons (Fsp3) is 0.643. The monoisotopic (exact) mass is 1060 g/mol. The first-order valence-electron chi connectivity index (χ1n) is 26.0. The van der Waals surface area contributed by atoms with Gasteiger partial charge in [0.1, 0.15) is 20.2 Å². The molecule has 4 rings (SSSR count). The molecule has 4 aromatic carbocycles. The Morgan fingerprint density at radius 1 is 0.323 bits per heavy atom. The van der Waals surface area contributed by atoms with Crippen LogP contribution in [0, 0.1) is 0 Å². The molecule has 0 atom stereocenters. The van der Waals surface area contributed by atoms with Crippen molar-refractivity contribution in [1.29, 1.82) is 0 Å². The van der Waals surface area contributed by atoms with Crippen LogP contribution in [0.5, 0.6) is 0 Å². The van der Waals surface area contributed by atoms with E-state index < -0.39 is 20.2 Å². The molecule has 4 aromatic rings. The van der Waals surface area contributed by atoms with Crippen molar-refractivity contribution in [2.24, 2.45) is 0 Å². The number of benzene rings is 4. The Labute approximate surface area is 438 Å². The van der Waals surface area contributed by atoms with Crippen molar-refractivity contribution in [3.8, 4) is 0 Å². The molecule has 0 saturated heterocycles. The third kappa shape index (κ3) is 22.8. The largest absolute Gasteiger partial charge is 2.00 e. The zero-order valence-electron chi connectivity index (χ0n) is 41.4. The molecule has 0 aliphatic carbocycles. The van der Waals surface area contributed by atoms with E-state index in [-0.39, 0.29) is 58.7 Å². The predicted octanol–water partition coefficient (Wildman–Crippen LogP) is 16.3. The molecule has 0 spiro atoms. The maximum absolute atomic E-state index is 11.9. The van der Waals surface area contributed by atoms with Crippen LogP contribution in [0.4, 0.5) is 0 Å². The number of fused-ring (bicyclic) bond motifs is 2. The zero-order valence-corrected chi connectivity index (χ0v) is 47.4. The van der Waals surface area contributed by atoms with Crippen LogP contribution in [0.25, 0.3) is 21.5 Å². The van der Waals surface area contributed by atoms with Gasteiger partial charge in [0.2, 0.25) is 0 Å². The van der Waals surface area contributed by atoms with E-state index in [1.807, 2.05) is 36.4 Å². The Morgan fingerprint density at radius 3 is 0.800 bits per heavy atom. The minimum Gasteiger partial charge on any atom is -0.744 e. The van der Waals surface area contributed by atoms with E-state index in [0.29, 0.717) is 10.8 Å². The van der Waals surface area contributed by atoms with Gasteiger partial charge in [0.05, 0.1) is 9.79 Å². The molecule has 0 bridgehead atoms. The second-order valence-electron chi connectivity index (χ2n) is 18.5. The number of hydrogen-bond acceptors (Lipinski definition) is 6. The van der Waals surface area contributed by atoms with E-state index in [0.717, 1.165) is 62.1 Å². The van der Waals surface area contributed by atoms with Crippen LogP contribution in [0.2, 0.25) is 0 Å². The van der Waals surface area contributed by atoms with Gasteiger partial charge in [-0.2, -0.15) is 0 Å². The van der Waals surface area contributed by atoms with Gasteiger partial charge in [0.15, 0.2) is 0 Å². The zero-order chi connectivity index (χ0) is 46.5. The molecule has 0 amide bonds. The van der Waals surface area contributed by atoms with Gasteiger partial charge in [-0.1, -0.05) is 230 Å². The first-order chi connectivity index (χ1) is 31.0. The van der Waals surface area contributed by atoms with Gasteiger partial charge in [0, 0.05) is 0 Å². The van der Waals surface area contributed by atoms with Crippen LogP contribution in [-0.4, -0.2) is 74.8 Å². The molecule has 0 aliphatic heterocycles.